The number of pyridine rings is 2. The number of fused-ring (bicyclic) bond motifs is 1. The predicted octanol–water partition coefficient (Wildman–Crippen LogP) is 2.54. The molecule has 0 aliphatic heterocycles. The highest BCUT2D eigenvalue weighted by Crippen LogP contribution is 2.22. The zero-order chi connectivity index (χ0) is 12.3. The number of nitrogens with one attached hydrogen (secondary N) is 1. The van der Waals surface area contributed by atoms with Gasteiger partial charge in [0.05, 0.1) is 11.2 Å². The molecule has 0 aliphatic carbocycles. The molecule has 17 heavy (non-hydrogen) atoms. The predicted molar refractivity (Wildman–Crippen MR) is 74.0 cm³/mol. The molecule has 0 aromatic carbocycles. The molecule has 2 rings (SSSR count). The van der Waals surface area contributed by atoms with Crippen LogP contribution >= 0.6 is 15.9 Å². The normalized spacial score (nSPS) is 12.6. The number of anilines is 1. The van der Waals surface area contributed by atoms with Gasteiger partial charge in [-0.1, -0.05) is 0 Å². The molecular formula is C12H15BrN4. The highest BCUT2D eigenvalue weighted by molar-refractivity contribution is 9.10. The fourth-order valence-corrected chi connectivity index (χ4v) is 2.03. The van der Waals surface area contributed by atoms with Gasteiger partial charge in [-0.15, -0.1) is 0 Å². The van der Waals surface area contributed by atoms with Crippen LogP contribution in [0.1, 0.15) is 13.3 Å². The lowest BCUT2D eigenvalue weighted by atomic mass is 10.2. The minimum absolute atomic E-state index is 0.330. The number of rotatable bonds is 4. The lowest BCUT2D eigenvalue weighted by Gasteiger charge is -2.15. The molecule has 0 bridgehead atoms. The average Bonchev–Trinajstić information content (AvgIpc) is 2.29. The summed E-state index contributed by atoms with van der Waals surface area (Å²) < 4.78 is 0.935. The van der Waals surface area contributed by atoms with Gasteiger partial charge in [0.15, 0.2) is 0 Å². The Balaban J connectivity index is 2.34. The van der Waals surface area contributed by atoms with Gasteiger partial charge in [0.2, 0.25) is 0 Å². The average molecular weight is 295 g/mol. The fraction of sp³-hybridized carbons (Fsp3) is 0.333. The minimum Gasteiger partial charge on any atom is -0.381 e. The summed E-state index contributed by atoms with van der Waals surface area (Å²) in [7, 11) is 0. The van der Waals surface area contributed by atoms with E-state index in [-0.39, 0.29) is 0 Å². The van der Waals surface area contributed by atoms with E-state index < -0.39 is 0 Å². The van der Waals surface area contributed by atoms with Crippen molar-refractivity contribution < 1.29 is 0 Å². The molecule has 0 spiro atoms. The van der Waals surface area contributed by atoms with E-state index in [1.54, 1.807) is 12.4 Å². The van der Waals surface area contributed by atoms with Gasteiger partial charge in [-0.2, -0.15) is 0 Å². The first kappa shape index (κ1) is 12.3. The van der Waals surface area contributed by atoms with Gasteiger partial charge in [-0.3, -0.25) is 9.97 Å². The van der Waals surface area contributed by atoms with E-state index in [0.29, 0.717) is 12.6 Å². The summed E-state index contributed by atoms with van der Waals surface area (Å²) in [6.45, 7) is 2.79. The number of nitrogens with two attached hydrogens (primary N) is 1. The van der Waals surface area contributed by atoms with Crippen molar-refractivity contribution in [3.05, 3.63) is 29.0 Å². The molecule has 3 N–H and O–H groups in total. The summed E-state index contributed by atoms with van der Waals surface area (Å²) in [6, 6.07) is 4.23. The molecule has 1 unspecified atom stereocenters. The molecule has 2 heterocycles. The van der Waals surface area contributed by atoms with Crippen LogP contribution in [0.2, 0.25) is 0 Å². The third-order valence-corrected chi connectivity index (χ3v) is 2.98. The Morgan fingerprint density at radius 3 is 3.06 bits per heavy atom. The monoisotopic (exact) mass is 294 g/mol. The summed E-state index contributed by atoms with van der Waals surface area (Å²) >= 11 is 3.39. The van der Waals surface area contributed by atoms with Gasteiger partial charge in [0.1, 0.15) is 5.52 Å². The van der Waals surface area contributed by atoms with Gasteiger partial charge in [0.25, 0.3) is 0 Å². The topological polar surface area (TPSA) is 63.8 Å². The van der Waals surface area contributed by atoms with Crippen LogP contribution in [0.15, 0.2) is 29.0 Å². The van der Waals surface area contributed by atoms with E-state index in [9.17, 15) is 0 Å². The molecule has 2 aromatic heterocycles. The Bertz CT molecular complexity index is 515. The second-order valence-corrected chi connectivity index (χ2v) is 4.92. The maximum Gasteiger partial charge on any atom is 0.112 e. The van der Waals surface area contributed by atoms with E-state index in [2.05, 4.69) is 38.1 Å². The smallest absolute Gasteiger partial charge is 0.112 e. The van der Waals surface area contributed by atoms with Crippen LogP contribution in [0.3, 0.4) is 0 Å². The number of halogens is 1. The Labute approximate surface area is 109 Å². The Kier molecular flexibility index (Phi) is 3.91. The van der Waals surface area contributed by atoms with Crippen molar-refractivity contribution in [1.29, 1.82) is 0 Å². The van der Waals surface area contributed by atoms with E-state index in [0.717, 1.165) is 27.6 Å². The number of hydrogen-bond acceptors (Lipinski definition) is 4. The number of nitrogens with zero attached hydrogens (tertiary/aromatic N) is 2. The third-order valence-electron chi connectivity index (χ3n) is 2.55. The second-order valence-electron chi connectivity index (χ2n) is 4.00. The lowest BCUT2D eigenvalue weighted by Crippen LogP contribution is -2.19. The lowest BCUT2D eigenvalue weighted by molar-refractivity contribution is 0.717. The maximum atomic E-state index is 5.54. The molecule has 90 valence electrons. The Hall–Kier alpha value is -1.20. The summed E-state index contributed by atoms with van der Waals surface area (Å²) in [5.74, 6) is 0. The van der Waals surface area contributed by atoms with Crippen molar-refractivity contribution in [2.75, 3.05) is 11.9 Å². The molecule has 0 amide bonds. The number of hydrogen-bond donors (Lipinski definition) is 2. The van der Waals surface area contributed by atoms with Crippen molar-refractivity contribution in [3.8, 4) is 0 Å². The standard InChI is InChI=1S/C12H15BrN4/c1-8(2-4-14)17-10-3-5-15-11-6-9(13)7-16-12(10)11/h3,5-8H,2,4,14H2,1H3,(H,15,17). The zero-order valence-electron chi connectivity index (χ0n) is 9.65. The molecule has 0 saturated carbocycles. The molecule has 1 atom stereocenters. The van der Waals surface area contributed by atoms with Crippen LogP contribution in [0.25, 0.3) is 11.0 Å². The van der Waals surface area contributed by atoms with Gasteiger partial charge >= 0.3 is 0 Å². The van der Waals surface area contributed by atoms with Crippen LogP contribution < -0.4 is 11.1 Å². The third kappa shape index (κ3) is 2.92. The molecule has 0 saturated heterocycles. The number of aromatic nitrogens is 2. The first-order valence-electron chi connectivity index (χ1n) is 5.57. The summed E-state index contributed by atoms with van der Waals surface area (Å²) in [6.07, 6.45) is 4.50. The van der Waals surface area contributed by atoms with Crippen molar-refractivity contribution in [2.24, 2.45) is 5.73 Å². The minimum atomic E-state index is 0.330. The van der Waals surface area contributed by atoms with Gasteiger partial charge in [-0.25, -0.2) is 0 Å². The van der Waals surface area contributed by atoms with E-state index in [1.165, 1.54) is 0 Å². The molecule has 0 fully saturated rings. The van der Waals surface area contributed by atoms with Crippen molar-refractivity contribution >= 4 is 32.7 Å². The summed E-state index contributed by atoms with van der Waals surface area (Å²) in [5.41, 5.74) is 8.31. The second kappa shape index (κ2) is 5.42. The van der Waals surface area contributed by atoms with Crippen molar-refractivity contribution in [1.82, 2.24) is 9.97 Å². The van der Waals surface area contributed by atoms with Gasteiger partial charge in [-0.05, 0) is 48.0 Å². The van der Waals surface area contributed by atoms with Crippen molar-refractivity contribution in [2.45, 2.75) is 19.4 Å². The summed E-state index contributed by atoms with van der Waals surface area (Å²) in [5, 5.41) is 3.41. The first-order valence-corrected chi connectivity index (χ1v) is 6.37. The fourth-order valence-electron chi connectivity index (χ4n) is 1.71. The van der Waals surface area contributed by atoms with E-state index in [1.807, 2.05) is 12.1 Å². The first-order chi connectivity index (χ1) is 8.20. The Morgan fingerprint density at radius 2 is 2.29 bits per heavy atom. The molecule has 4 nitrogen and oxygen atoms in total. The SMILES string of the molecule is CC(CCN)Nc1ccnc2cc(Br)cnc12. The van der Waals surface area contributed by atoms with Crippen LogP contribution in [0.5, 0.6) is 0 Å². The molecule has 5 heteroatoms. The Morgan fingerprint density at radius 1 is 1.47 bits per heavy atom. The van der Waals surface area contributed by atoms with E-state index in [4.69, 9.17) is 5.73 Å². The molecule has 0 radical (unpaired) electrons. The zero-order valence-corrected chi connectivity index (χ0v) is 11.2. The van der Waals surface area contributed by atoms with Gasteiger partial charge < -0.3 is 11.1 Å². The van der Waals surface area contributed by atoms with Crippen LogP contribution in [-0.2, 0) is 0 Å². The largest absolute Gasteiger partial charge is 0.381 e. The molecule has 2 aromatic rings. The molecule has 0 aliphatic rings. The highest BCUT2D eigenvalue weighted by atomic mass is 79.9. The van der Waals surface area contributed by atoms with Crippen LogP contribution in [0.4, 0.5) is 5.69 Å². The molecular weight excluding hydrogens is 280 g/mol. The summed E-state index contributed by atoms with van der Waals surface area (Å²) in [4.78, 5) is 8.69. The van der Waals surface area contributed by atoms with Crippen LogP contribution in [0, 0.1) is 0 Å². The maximum absolute atomic E-state index is 5.54. The van der Waals surface area contributed by atoms with Gasteiger partial charge in [0, 0.05) is 22.9 Å². The quantitative estimate of drug-likeness (QED) is 0.910. The van der Waals surface area contributed by atoms with Crippen molar-refractivity contribution in [3.63, 3.8) is 0 Å². The highest BCUT2D eigenvalue weighted by Gasteiger charge is 2.06. The van der Waals surface area contributed by atoms with Crippen LogP contribution in [-0.4, -0.2) is 22.6 Å². The van der Waals surface area contributed by atoms with E-state index >= 15 is 0 Å².